The molecule has 4 heterocycles. The van der Waals surface area contributed by atoms with Crippen LogP contribution in [0, 0.1) is 0 Å². The lowest BCUT2D eigenvalue weighted by Crippen LogP contribution is -2.50. The van der Waals surface area contributed by atoms with Gasteiger partial charge < -0.3 is 9.80 Å². The van der Waals surface area contributed by atoms with Crippen molar-refractivity contribution in [3.8, 4) is 10.7 Å². The Morgan fingerprint density at radius 2 is 1.71 bits per heavy atom. The summed E-state index contributed by atoms with van der Waals surface area (Å²) in [6.07, 6.45) is 0.792. The number of hydrogen-bond donors (Lipinski definition) is 0. The summed E-state index contributed by atoms with van der Waals surface area (Å²) < 4.78 is 2.07. The lowest BCUT2D eigenvalue weighted by molar-refractivity contribution is -0.133. The molecule has 35 heavy (non-hydrogen) atoms. The van der Waals surface area contributed by atoms with Gasteiger partial charge in [0, 0.05) is 31.6 Å². The van der Waals surface area contributed by atoms with Crippen molar-refractivity contribution in [3.63, 3.8) is 0 Å². The van der Waals surface area contributed by atoms with Crippen LogP contribution in [0.25, 0.3) is 27.3 Å². The average molecular weight is 483 g/mol. The van der Waals surface area contributed by atoms with E-state index in [9.17, 15) is 4.79 Å². The summed E-state index contributed by atoms with van der Waals surface area (Å²) in [6, 6.07) is 22.2. The molecule has 1 aliphatic heterocycles. The first-order valence-electron chi connectivity index (χ1n) is 12.0. The second-order valence-electron chi connectivity index (χ2n) is 8.77. The average Bonchev–Trinajstić information content (AvgIpc) is 3.60. The van der Waals surface area contributed by atoms with E-state index >= 15 is 0 Å². The van der Waals surface area contributed by atoms with Crippen molar-refractivity contribution in [3.05, 3.63) is 77.7 Å². The summed E-state index contributed by atoms with van der Waals surface area (Å²) in [5.41, 5.74) is 2.79. The number of aromatic nitrogens is 4. The molecule has 7 nitrogen and oxygen atoms in total. The molecule has 1 amide bonds. The molecule has 1 saturated heterocycles. The van der Waals surface area contributed by atoms with Crippen molar-refractivity contribution in [2.45, 2.75) is 19.3 Å². The van der Waals surface area contributed by atoms with Crippen molar-refractivity contribution >= 4 is 39.7 Å². The number of piperazine rings is 1. The summed E-state index contributed by atoms with van der Waals surface area (Å²) in [6.45, 7) is 4.82. The highest BCUT2D eigenvalue weighted by molar-refractivity contribution is 7.13. The van der Waals surface area contributed by atoms with Gasteiger partial charge in [-0.15, -0.1) is 21.5 Å². The fourth-order valence-electron chi connectivity index (χ4n) is 4.93. The third-order valence-electron chi connectivity index (χ3n) is 6.75. The summed E-state index contributed by atoms with van der Waals surface area (Å²) in [7, 11) is 0. The molecule has 1 aliphatic rings. The molecule has 3 aromatic heterocycles. The van der Waals surface area contributed by atoms with Crippen LogP contribution in [0.15, 0.2) is 72.1 Å². The molecule has 1 atom stereocenters. The van der Waals surface area contributed by atoms with Crippen LogP contribution in [0.2, 0.25) is 0 Å². The van der Waals surface area contributed by atoms with E-state index < -0.39 is 0 Å². The van der Waals surface area contributed by atoms with Crippen LogP contribution in [0.5, 0.6) is 0 Å². The van der Waals surface area contributed by atoms with Crippen molar-refractivity contribution in [1.82, 2.24) is 24.5 Å². The van der Waals surface area contributed by atoms with E-state index in [-0.39, 0.29) is 11.8 Å². The number of anilines is 1. The fourth-order valence-corrected chi connectivity index (χ4v) is 5.63. The first kappa shape index (κ1) is 21.7. The third-order valence-corrected chi connectivity index (χ3v) is 7.62. The summed E-state index contributed by atoms with van der Waals surface area (Å²) in [5, 5.41) is 12.1. The number of para-hydroxylation sites is 1. The maximum Gasteiger partial charge on any atom is 0.230 e. The van der Waals surface area contributed by atoms with Gasteiger partial charge in [0.2, 0.25) is 11.9 Å². The number of fused-ring (bicyclic) bond motifs is 3. The molecule has 0 unspecified atom stereocenters. The summed E-state index contributed by atoms with van der Waals surface area (Å²) in [4.78, 5) is 23.8. The highest BCUT2D eigenvalue weighted by atomic mass is 32.1. The minimum atomic E-state index is -0.100. The predicted octanol–water partition coefficient (Wildman–Crippen LogP) is 4.85. The van der Waals surface area contributed by atoms with Gasteiger partial charge in [-0.25, -0.2) is 9.38 Å². The van der Waals surface area contributed by atoms with Gasteiger partial charge in [0.25, 0.3) is 0 Å². The molecular weight excluding hydrogens is 456 g/mol. The first-order valence-corrected chi connectivity index (χ1v) is 12.9. The molecule has 0 saturated carbocycles. The predicted molar refractivity (Wildman–Crippen MR) is 140 cm³/mol. The number of thiophene rings is 1. The zero-order valence-corrected chi connectivity index (χ0v) is 20.4. The second kappa shape index (κ2) is 9.11. The van der Waals surface area contributed by atoms with E-state index in [1.807, 2.05) is 58.8 Å². The lowest BCUT2D eigenvalue weighted by atomic mass is 9.95. The van der Waals surface area contributed by atoms with Gasteiger partial charge >= 0.3 is 0 Å². The topological polar surface area (TPSA) is 66.6 Å². The van der Waals surface area contributed by atoms with Crippen LogP contribution in [0.4, 0.5) is 5.95 Å². The quantitative estimate of drug-likeness (QED) is 0.358. The molecule has 0 N–H and O–H groups in total. The van der Waals surface area contributed by atoms with Crippen LogP contribution < -0.4 is 4.90 Å². The van der Waals surface area contributed by atoms with Crippen molar-refractivity contribution in [2.24, 2.45) is 0 Å². The highest BCUT2D eigenvalue weighted by Gasteiger charge is 2.29. The Balaban J connectivity index is 1.32. The lowest BCUT2D eigenvalue weighted by Gasteiger charge is -2.37. The number of carbonyl (C=O) groups is 1. The van der Waals surface area contributed by atoms with Crippen molar-refractivity contribution < 1.29 is 4.79 Å². The monoisotopic (exact) mass is 482 g/mol. The number of nitrogens with zero attached hydrogens (tertiary/aromatic N) is 6. The second-order valence-corrected chi connectivity index (χ2v) is 9.72. The highest BCUT2D eigenvalue weighted by Crippen LogP contribution is 2.31. The molecule has 5 aromatic rings. The van der Waals surface area contributed by atoms with Crippen LogP contribution in [0.3, 0.4) is 0 Å². The zero-order chi connectivity index (χ0) is 23.8. The molecule has 0 bridgehead atoms. The standard InChI is InChI=1S/C27H26N6OS/c1-2-20(19-9-4-3-5-10-19)26(34)31-14-16-32(17-15-31)27-28-22-12-7-6-11-21(22)24-29-30-25(33(24)27)23-13-8-18-35-23/h3-13,18,20H,2,14-17H2,1H3/t20-/m1/s1. The Bertz CT molecular complexity index is 1470. The Morgan fingerprint density at radius 3 is 2.46 bits per heavy atom. The Kier molecular flexibility index (Phi) is 5.66. The normalized spacial score (nSPS) is 15.1. The van der Waals surface area contributed by atoms with Gasteiger partial charge in [0.05, 0.1) is 16.3 Å². The summed E-state index contributed by atoms with van der Waals surface area (Å²) >= 11 is 1.64. The Labute approximate surface area is 207 Å². The van der Waals surface area contributed by atoms with Gasteiger partial charge in [-0.3, -0.25) is 4.79 Å². The van der Waals surface area contributed by atoms with Gasteiger partial charge in [-0.2, -0.15) is 0 Å². The largest absolute Gasteiger partial charge is 0.339 e. The van der Waals surface area contributed by atoms with E-state index in [1.165, 1.54) is 0 Å². The van der Waals surface area contributed by atoms with Gasteiger partial charge in [-0.05, 0) is 35.6 Å². The van der Waals surface area contributed by atoms with E-state index in [0.717, 1.165) is 45.2 Å². The van der Waals surface area contributed by atoms with E-state index in [4.69, 9.17) is 4.98 Å². The SMILES string of the molecule is CC[C@@H](C(=O)N1CCN(c2nc3ccccc3c3nnc(-c4cccs4)n23)CC1)c1ccccc1. The van der Waals surface area contributed by atoms with E-state index in [2.05, 4.69) is 44.6 Å². The number of carbonyl (C=O) groups excluding carboxylic acids is 1. The molecule has 0 spiro atoms. The van der Waals surface area contributed by atoms with Crippen LogP contribution in [-0.2, 0) is 4.79 Å². The molecule has 8 heteroatoms. The van der Waals surface area contributed by atoms with Crippen molar-refractivity contribution in [1.29, 1.82) is 0 Å². The number of benzene rings is 2. The van der Waals surface area contributed by atoms with Crippen LogP contribution in [0.1, 0.15) is 24.8 Å². The van der Waals surface area contributed by atoms with Gasteiger partial charge in [-0.1, -0.05) is 55.5 Å². The number of hydrogen-bond acceptors (Lipinski definition) is 6. The molecular formula is C27H26N6OS. The number of amides is 1. The maximum absolute atomic E-state index is 13.4. The first-order chi connectivity index (χ1) is 17.2. The van der Waals surface area contributed by atoms with Crippen LogP contribution in [-0.4, -0.2) is 56.6 Å². The molecule has 0 radical (unpaired) electrons. The zero-order valence-electron chi connectivity index (χ0n) is 19.5. The smallest absolute Gasteiger partial charge is 0.230 e. The van der Waals surface area contributed by atoms with Crippen LogP contribution >= 0.6 is 11.3 Å². The summed E-state index contributed by atoms with van der Waals surface area (Å²) in [5.74, 6) is 1.74. The van der Waals surface area contributed by atoms with E-state index in [1.54, 1.807) is 11.3 Å². The van der Waals surface area contributed by atoms with E-state index in [0.29, 0.717) is 26.2 Å². The minimum Gasteiger partial charge on any atom is -0.339 e. The number of rotatable bonds is 5. The molecule has 0 aliphatic carbocycles. The fraction of sp³-hybridized carbons (Fsp3) is 0.259. The van der Waals surface area contributed by atoms with Crippen molar-refractivity contribution in [2.75, 3.05) is 31.1 Å². The van der Waals surface area contributed by atoms with Gasteiger partial charge in [0.15, 0.2) is 11.5 Å². The molecule has 1 fully saturated rings. The Hall–Kier alpha value is -3.78. The third kappa shape index (κ3) is 3.83. The Morgan fingerprint density at radius 1 is 0.943 bits per heavy atom. The minimum absolute atomic E-state index is 0.100. The van der Waals surface area contributed by atoms with Gasteiger partial charge in [0.1, 0.15) is 0 Å². The maximum atomic E-state index is 13.4. The molecule has 2 aromatic carbocycles. The molecule has 176 valence electrons. The molecule has 6 rings (SSSR count).